The molecule has 5 heteroatoms. The minimum absolute atomic E-state index is 0.290. The van der Waals surface area contributed by atoms with Crippen molar-refractivity contribution in [3.8, 4) is 0 Å². The third-order valence-electron chi connectivity index (χ3n) is 4.91. The van der Waals surface area contributed by atoms with E-state index in [1.165, 1.54) is 25.7 Å². The lowest BCUT2D eigenvalue weighted by Crippen LogP contribution is -2.39. The molecule has 1 saturated heterocycles. The van der Waals surface area contributed by atoms with E-state index in [4.69, 9.17) is 10.3 Å². The quantitative estimate of drug-likeness (QED) is 0.493. The van der Waals surface area contributed by atoms with Crippen LogP contribution in [0.25, 0.3) is 0 Å². The number of nitrogens with two attached hydrogens (primary N) is 1. The van der Waals surface area contributed by atoms with Crippen molar-refractivity contribution in [1.82, 2.24) is 10.3 Å². The summed E-state index contributed by atoms with van der Waals surface area (Å²) in [7, 11) is 0. The van der Waals surface area contributed by atoms with E-state index in [0.29, 0.717) is 23.3 Å². The van der Waals surface area contributed by atoms with Gasteiger partial charge in [-0.2, -0.15) is 0 Å². The third-order valence-corrected chi connectivity index (χ3v) is 4.91. The first-order chi connectivity index (χ1) is 9.64. The Morgan fingerprint density at radius 1 is 1.40 bits per heavy atom. The first-order valence-corrected chi connectivity index (χ1v) is 7.44. The number of carbonyl (C=O) groups excluding carboxylic acids is 1. The van der Waals surface area contributed by atoms with Gasteiger partial charge in [0.25, 0.3) is 5.91 Å². The highest BCUT2D eigenvalue weighted by molar-refractivity contribution is 5.94. The van der Waals surface area contributed by atoms with Gasteiger partial charge in [-0.1, -0.05) is 26.7 Å². The van der Waals surface area contributed by atoms with E-state index >= 15 is 0 Å². The van der Waals surface area contributed by atoms with Gasteiger partial charge < -0.3 is 4.42 Å². The van der Waals surface area contributed by atoms with Gasteiger partial charge in [-0.3, -0.25) is 15.1 Å². The highest BCUT2D eigenvalue weighted by Crippen LogP contribution is 2.38. The second-order valence-electron chi connectivity index (χ2n) is 5.71. The molecule has 0 saturated carbocycles. The van der Waals surface area contributed by atoms with E-state index in [1.807, 2.05) is 0 Å². The molecule has 0 aliphatic carbocycles. The summed E-state index contributed by atoms with van der Waals surface area (Å²) < 4.78 is 5.44. The number of nitrogens with zero attached hydrogens (tertiary/aromatic N) is 1. The molecule has 0 atom stereocenters. The number of furan rings is 1. The molecule has 0 bridgehead atoms. The summed E-state index contributed by atoms with van der Waals surface area (Å²) in [6.07, 6.45) is 6.49. The Labute approximate surface area is 120 Å². The number of rotatable bonds is 5. The van der Waals surface area contributed by atoms with E-state index < -0.39 is 0 Å². The van der Waals surface area contributed by atoms with Gasteiger partial charge >= 0.3 is 0 Å². The monoisotopic (exact) mass is 279 g/mol. The minimum atomic E-state index is -0.290. The molecular formula is C15H25N3O2. The predicted molar refractivity (Wildman–Crippen MR) is 77.9 cm³/mol. The molecule has 1 aliphatic heterocycles. The fourth-order valence-electron chi connectivity index (χ4n) is 3.09. The summed E-state index contributed by atoms with van der Waals surface area (Å²) in [5, 5.41) is 0. The molecule has 0 spiro atoms. The number of hydrazine groups is 1. The van der Waals surface area contributed by atoms with Crippen LogP contribution in [0.15, 0.2) is 16.7 Å². The number of nitrogen functional groups attached to an aromatic ring is 1. The van der Waals surface area contributed by atoms with Gasteiger partial charge in [0.15, 0.2) is 0 Å². The van der Waals surface area contributed by atoms with Gasteiger partial charge in [0.05, 0.1) is 18.4 Å². The van der Waals surface area contributed by atoms with Crippen LogP contribution in [0.4, 0.5) is 0 Å². The average molecular weight is 279 g/mol. The molecule has 112 valence electrons. The van der Waals surface area contributed by atoms with Crippen molar-refractivity contribution in [2.75, 3.05) is 13.1 Å². The Balaban J connectivity index is 1.96. The molecule has 1 amide bonds. The summed E-state index contributed by atoms with van der Waals surface area (Å²) in [4.78, 5) is 14.0. The number of nitrogens with one attached hydrogen (secondary N) is 1. The molecule has 1 aromatic rings. The zero-order valence-electron chi connectivity index (χ0n) is 12.4. The zero-order chi connectivity index (χ0) is 14.6. The standard InChI is InChI=1S/C15H25N3O2/c1-3-15(4-2)6-8-18(9-7-15)11-13-12(5-10-20-13)14(19)17-16/h5,10H,3-4,6-9,11,16H2,1-2H3,(H,17,19). The molecule has 0 aromatic carbocycles. The van der Waals surface area contributed by atoms with Gasteiger partial charge in [-0.05, 0) is 37.4 Å². The topological polar surface area (TPSA) is 71.5 Å². The summed E-state index contributed by atoms with van der Waals surface area (Å²) >= 11 is 0. The maximum Gasteiger partial charge on any atom is 0.268 e. The molecular weight excluding hydrogens is 254 g/mol. The molecule has 3 N–H and O–H groups in total. The highest BCUT2D eigenvalue weighted by Gasteiger charge is 2.31. The Morgan fingerprint density at radius 3 is 2.60 bits per heavy atom. The maximum atomic E-state index is 11.6. The van der Waals surface area contributed by atoms with Crippen LogP contribution in [0.3, 0.4) is 0 Å². The highest BCUT2D eigenvalue weighted by atomic mass is 16.3. The maximum absolute atomic E-state index is 11.6. The van der Waals surface area contributed by atoms with Crippen molar-refractivity contribution in [3.63, 3.8) is 0 Å². The zero-order valence-corrected chi connectivity index (χ0v) is 12.4. The second kappa shape index (κ2) is 6.41. The van der Waals surface area contributed by atoms with Crippen molar-refractivity contribution in [2.24, 2.45) is 11.3 Å². The van der Waals surface area contributed by atoms with E-state index in [2.05, 4.69) is 24.2 Å². The van der Waals surface area contributed by atoms with Gasteiger partial charge in [0.2, 0.25) is 0 Å². The summed E-state index contributed by atoms with van der Waals surface area (Å²) in [6.45, 7) is 7.38. The van der Waals surface area contributed by atoms with Crippen molar-refractivity contribution in [3.05, 3.63) is 23.7 Å². The Kier molecular flexibility index (Phi) is 4.83. The van der Waals surface area contributed by atoms with Gasteiger partial charge in [-0.25, -0.2) is 5.84 Å². The third kappa shape index (κ3) is 3.04. The number of likely N-dealkylation sites (tertiary alicyclic amines) is 1. The Hall–Kier alpha value is -1.33. The number of hydrogen-bond acceptors (Lipinski definition) is 4. The smallest absolute Gasteiger partial charge is 0.268 e. The minimum Gasteiger partial charge on any atom is -0.467 e. The van der Waals surface area contributed by atoms with Crippen molar-refractivity contribution in [1.29, 1.82) is 0 Å². The summed E-state index contributed by atoms with van der Waals surface area (Å²) in [6, 6.07) is 1.67. The number of carbonyl (C=O) groups is 1. The SMILES string of the molecule is CCC1(CC)CCN(Cc2occc2C(=O)NN)CC1. The average Bonchev–Trinajstić information content (AvgIpc) is 2.96. The van der Waals surface area contributed by atoms with E-state index in [9.17, 15) is 4.79 Å². The molecule has 0 unspecified atom stereocenters. The van der Waals surface area contributed by atoms with Crippen LogP contribution in [0, 0.1) is 5.41 Å². The predicted octanol–water partition coefficient (Wildman–Crippen LogP) is 2.29. The summed E-state index contributed by atoms with van der Waals surface area (Å²) in [5.74, 6) is 5.59. The lowest BCUT2D eigenvalue weighted by atomic mass is 9.74. The van der Waals surface area contributed by atoms with E-state index in [0.717, 1.165) is 13.1 Å². The van der Waals surface area contributed by atoms with Gasteiger partial charge in [0.1, 0.15) is 5.76 Å². The van der Waals surface area contributed by atoms with Crippen LogP contribution >= 0.6 is 0 Å². The van der Waals surface area contributed by atoms with E-state index in [-0.39, 0.29) is 5.91 Å². The molecule has 20 heavy (non-hydrogen) atoms. The lowest BCUT2D eigenvalue weighted by molar-refractivity contribution is 0.0846. The van der Waals surface area contributed by atoms with Crippen LogP contribution < -0.4 is 11.3 Å². The van der Waals surface area contributed by atoms with Crippen LogP contribution in [0.2, 0.25) is 0 Å². The fraction of sp³-hybridized carbons (Fsp3) is 0.667. The first kappa shape index (κ1) is 15.1. The lowest BCUT2D eigenvalue weighted by Gasteiger charge is -2.40. The van der Waals surface area contributed by atoms with Crippen LogP contribution in [0.5, 0.6) is 0 Å². The fourth-order valence-corrected chi connectivity index (χ4v) is 3.09. The molecule has 2 heterocycles. The van der Waals surface area contributed by atoms with Crippen LogP contribution in [-0.4, -0.2) is 23.9 Å². The number of amides is 1. The van der Waals surface area contributed by atoms with Crippen LogP contribution in [0.1, 0.15) is 55.6 Å². The van der Waals surface area contributed by atoms with Gasteiger partial charge in [-0.15, -0.1) is 0 Å². The normalized spacial score (nSPS) is 18.9. The molecule has 1 aliphatic rings. The summed E-state index contributed by atoms with van der Waals surface area (Å²) in [5.41, 5.74) is 3.21. The molecule has 5 nitrogen and oxygen atoms in total. The Morgan fingerprint density at radius 2 is 2.05 bits per heavy atom. The van der Waals surface area contributed by atoms with Crippen molar-refractivity contribution in [2.45, 2.75) is 46.1 Å². The molecule has 1 fully saturated rings. The Bertz CT molecular complexity index is 442. The van der Waals surface area contributed by atoms with Crippen LogP contribution in [-0.2, 0) is 6.54 Å². The molecule has 1 aromatic heterocycles. The van der Waals surface area contributed by atoms with Crippen molar-refractivity contribution >= 4 is 5.91 Å². The molecule has 0 radical (unpaired) electrons. The largest absolute Gasteiger partial charge is 0.467 e. The number of piperidine rings is 1. The number of hydrogen-bond donors (Lipinski definition) is 2. The van der Waals surface area contributed by atoms with Crippen molar-refractivity contribution < 1.29 is 9.21 Å². The first-order valence-electron chi connectivity index (χ1n) is 7.44. The second-order valence-corrected chi connectivity index (χ2v) is 5.71. The van der Waals surface area contributed by atoms with Gasteiger partial charge in [0, 0.05) is 0 Å². The molecule has 2 rings (SSSR count). The van der Waals surface area contributed by atoms with E-state index in [1.54, 1.807) is 12.3 Å².